The molecule has 2 amide bonds. The molecule has 1 saturated carbocycles. The van der Waals surface area contributed by atoms with E-state index in [0.29, 0.717) is 10.2 Å². The third-order valence-corrected chi connectivity index (χ3v) is 7.41. The van der Waals surface area contributed by atoms with Crippen LogP contribution in [0.5, 0.6) is 11.5 Å². The van der Waals surface area contributed by atoms with Crippen molar-refractivity contribution in [2.24, 2.45) is 5.92 Å². The van der Waals surface area contributed by atoms with Crippen LogP contribution in [0.3, 0.4) is 0 Å². The quantitative estimate of drug-likeness (QED) is 0.704. The van der Waals surface area contributed by atoms with Crippen LogP contribution in [-0.2, 0) is 14.8 Å². The lowest BCUT2D eigenvalue weighted by molar-refractivity contribution is -0.121. The van der Waals surface area contributed by atoms with E-state index in [9.17, 15) is 18.0 Å². The summed E-state index contributed by atoms with van der Waals surface area (Å²) in [6.07, 6.45) is 1.98. The molecule has 0 radical (unpaired) electrons. The summed E-state index contributed by atoms with van der Waals surface area (Å²) in [5.74, 6) is -0.546. The maximum Gasteiger partial charge on any atom is 0.269 e. The topological polar surface area (TPSA) is 102 Å². The SMILES string of the molecule is COc1cc2c(cc1OC)S(=O)(=O)N(CC(=O)NC(c1ccc(C)cc1)C1CC1)C2=O. The van der Waals surface area contributed by atoms with Crippen molar-refractivity contribution >= 4 is 21.8 Å². The van der Waals surface area contributed by atoms with E-state index in [1.165, 1.54) is 26.4 Å². The van der Waals surface area contributed by atoms with Crippen LogP contribution in [0.2, 0.25) is 0 Å². The Kier molecular flexibility index (Phi) is 5.38. The van der Waals surface area contributed by atoms with E-state index in [1.54, 1.807) is 0 Å². The number of benzene rings is 2. The van der Waals surface area contributed by atoms with Gasteiger partial charge in [-0.15, -0.1) is 0 Å². The smallest absolute Gasteiger partial charge is 0.269 e. The molecule has 4 rings (SSSR count). The number of rotatable bonds is 7. The van der Waals surface area contributed by atoms with Gasteiger partial charge in [-0.1, -0.05) is 29.8 Å². The van der Waals surface area contributed by atoms with Gasteiger partial charge in [-0.2, -0.15) is 0 Å². The van der Waals surface area contributed by atoms with Gasteiger partial charge in [-0.05, 0) is 37.3 Å². The lowest BCUT2D eigenvalue weighted by atomic mass is 10.0. The second-order valence-corrected chi connectivity index (χ2v) is 9.64. The fourth-order valence-electron chi connectivity index (χ4n) is 3.79. The number of carbonyl (C=O) groups is 2. The number of nitrogens with zero attached hydrogens (tertiary/aromatic N) is 1. The Hall–Kier alpha value is -3.07. The number of carbonyl (C=O) groups excluding carboxylic acids is 2. The molecule has 1 aliphatic heterocycles. The Morgan fingerprint density at radius 2 is 1.74 bits per heavy atom. The summed E-state index contributed by atoms with van der Waals surface area (Å²) in [4.78, 5) is 25.4. The van der Waals surface area contributed by atoms with E-state index in [-0.39, 0.29) is 28.0 Å². The van der Waals surface area contributed by atoms with Crippen LogP contribution < -0.4 is 14.8 Å². The summed E-state index contributed by atoms with van der Waals surface area (Å²) < 4.78 is 36.9. The average molecular weight is 445 g/mol. The summed E-state index contributed by atoms with van der Waals surface area (Å²) >= 11 is 0. The van der Waals surface area contributed by atoms with Crippen LogP contribution in [0.25, 0.3) is 0 Å². The van der Waals surface area contributed by atoms with Gasteiger partial charge in [-0.25, -0.2) is 12.7 Å². The highest BCUT2D eigenvalue weighted by Crippen LogP contribution is 2.41. The molecule has 0 bridgehead atoms. The minimum absolute atomic E-state index is 0.0391. The molecular formula is C22H24N2O6S. The summed E-state index contributed by atoms with van der Waals surface area (Å²) in [6, 6.07) is 10.2. The molecule has 164 valence electrons. The molecule has 1 atom stereocenters. The van der Waals surface area contributed by atoms with Crippen LogP contribution in [0.1, 0.15) is 40.4 Å². The number of fused-ring (bicyclic) bond motifs is 1. The van der Waals surface area contributed by atoms with Crippen molar-refractivity contribution in [1.82, 2.24) is 9.62 Å². The van der Waals surface area contributed by atoms with Crippen LogP contribution in [0.4, 0.5) is 0 Å². The minimum atomic E-state index is -4.17. The number of hydrogen-bond acceptors (Lipinski definition) is 6. The van der Waals surface area contributed by atoms with Crippen molar-refractivity contribution in [3.8, 4) is 11.5 Å². The van der Waals surface area contributed by atoms with Crippen molar-refractivity contribution in [1.29, 1.82) is 0 Å². The van der Waals surface area contributed by atoms with E-state index in [4.69, 9.17) is 9.47 Å². The van der Waals surface area contributed by atoms with Crippen molar-refractivity contribution in [3.63, 3.8) is 0 Å². The largest absolute Gasteiger partial charge is 0.493 e. The maximum atomic E-state index is 13.0. The average Bonchev–Trinajstić information content (AvgIpc) is 3.57. The first kappa shape index (κ1) is 21.2. The summed E-state index contributed by atoms with van der Waals surface area (Å²) in [7, 11) is -1.40. The van der Waals surface area contributed by atoms with E-state index >= 15 is 0 Å². The third-order valence-electron chi connectivity index (χ3n) is 5.64. The van der Waals surface area contributed by atoms with Gasteiger partial charge < -0.3 is 14.8 Å². The van der Waals surface area contributed by atoms with Gasteiger partial charge in [0.05, 0.1) is 25.8 Å². The highest BCUT2D eigenvalue weighted by Gasteiger charge is 2.44. The molecule has 0 spiro atoms. The number of aryl methyl sites for hydroxylation is 1. The lowest BCUT2D eigenvalue weighted by Crippen LogP contribution is -2.42. The molecule has 2 aromatic carbocycles. The normalized spacial score (nSPS) is 17.8. The maximum absolute atomic E-state index is 13.0. The van der Waals surface area contributed by atoms with Gasteiger partial charge in [0.25, 0.3) is 15.9 Å². The molecule has 0 saturated heterocycles. The van der Waals surface area contributed by atoms with Crippen LogP contribution in [-0.4, -0.2) is 45.3 Å². The number of methoxy groups -OCH3 is 2. The number of amides is 2. The number of nitrogens with one attached hydrogen (secondary N) is 1. The van der Waals surface area contributed by atoms with Gasteiger partial charge in [0.2, 0.25) is 5.91 Å². The Morgan fingerprint density at radius 1 is 1.13 bits per heavy atom. The summed E-state index contributed by atoms with van der Waals surface area (Å²) in [5, 5.41) is 2.93. The Labute approximate surface area is 181 Å². The molecule has 2 aromatic rings. The van der Waals surface area contributed by atoms with Gasteiger partial charge in [0.15, 0.2) is 11.5 Å². The first-order valence-corrected chi connectivity index (χ1v) is 11.4. The molecule has 2 aliphatic rings. The van der Waals surface area contributed by atoms with E-state index in [2.05, 4.69) is 5.32 Å². The zero-order chi connectivity index (χ0) is 22.3. The van der Waals surface area contributed by atoms with Crippen LogP contribution in [0.15, 0.2) is 41.3 Å². The van der Waals surface area contributed by atoms with E-state index in [0.717, 1.165) is 24.0 Å². The standard InChI is InChI=1S/C22H24N2O6S/c1-13-4-6-14(7-5-13)21(15-8-9-15)23-20(25)12-24-22(26)16-10-17(29-2)18(30-3)11-19(16)31(24,27)28/h4-7,10-11,15,21H,8-9,12H2,1-3H3,(H,23,25). The highest BCUT2D eigenvalue weighted by molar-refractivity contribution is 7.90. The predicted octanol–water partition coefficient (Wildman–Crippen LogP) is 2.42. The number of ether oxygens (including phenoxy) is 2. The molecule has 1 aliphatic carbocycles. The highest BCUT2D eigenvalue weighted by atomic mass is 32.2. The van der Waals surface area contributed by atoms with E-state index < -0.39 is 28.4 Å². The Bertz CT molecular complexity index is 1140. The second-order valence-electron chi connectivity index (χ2n) is 7.81. The molecular weight excluding hydrogens is 420 g/mol. The van der Waals surface area contributed by atoms with Gasteiger partial charge in [-0.3, -0.25) is 9.59 Å². The first-order valence-electron chi connectivity index (χ1n) is 9.95. The van der Waals surface area contributed by atoms with Crippen molar-refractivity contribution in [3.05, 3.63) is 53.1 Å². The van der Waals surface area contributed by atoms with Gasteiger partial charge >= 0.3 is 0 Å². The molecule has 9 heteroatoms. The monoisotopic (exact) mass is 444 g/mol. The van der Waals surface area contributed by atoms with Gasteiger partial charge in [0, 0.05) is 6.07 Å². The van der Waals surface area contributed by atoms with Crippen molar-refractivity contribution < 1.29 is 27.5 Å². The van der Waals surface area contributed by atoms with Crippen LogP contribution in [0, 0.1) is 12.8 Å². The summed E-state index contributed by atoms with van der Waals surface area (Å²) in [6.45, 7) is 1.40. The fraction of sp³-hybridized carbons (Fsp3) is 0.364. The molecule has 0 aromatic heterocycles. The number of sulfonamides is 1. The molecule has 1 unspecified atom stereocenters. The third kappa shape index (κ3) is 3.85. The van der Waals surface area contributed by atoms with Gasteiger partial charge in [0.1, 0.15) is 11.4 Å². The molecule has 31 heavy (non-hydrogen) atoms. The van der Waals surface area contributed by atoms with E-state index in [1.807, 2.05) is 31.2 Å². The molecule has 1 fully saturated rings. The zero-order valence-corrected chi connectivity index (χ0v) is 18.4. The Balaban J connectivity index is 1.56. The first-order chi connectivity index (χ1) is 14.8. The fourth-order valence-corrected chi connectivity index (χ4v) is 5.31. The second kappa shape index (κ2) is 7.88. The number of hydrogen-bond donors (Lipinski definition) is 1. The van der Waals surface area contributed by atoms with Crippen molar-refractivity contribution in [2.45, 2.75) is 30.7 Å². The predicted molar refractivity (Wildman–Crippen MR) is 113 cm³/mol. The Morgan fingerprint density at radius 3 is 2.32 bits per heavy atom. The van der Waals surface area contributed by atoms with Crippen LogP contribution >= 0.6 is 0 Å². The lowest BCUT2D eigenvalue weighted by Gasteiger charge is -2.21. The molecule has 1 heterocycles. The summed E-state index contributed by atoms with van der Waals surface area (Å²) in [5.41, 5.74) is 2.04. The van der Waals surface area contributed by atoms with Crippen molar-refractivity contribution in [2.75, 3.05) is 20.8 Å². The minimum Gasteiger partial charge on any atom is -0.493 e. The molecule has 1 N–H and O–H groups in total. The zero-order valence-electron chi connectivity index (χ0n) is 17.5. The molecule has 8 nitrogen and oxygen atoms in total.